The van der Waals surface area contributed by atoms with E-state index in [4.69, 9.17) is 9.47 Å². The maximum Gasteiger partial charge on any atom is 0.228 e. The Labute approximate surface area is 184 Å². The van der Waals surface area contributed by atoms with Gasteiger partial charge in [-0.15, -0.1) is 0 Å². The highest BCUT2D eigenvalue weighted by atomic mass is 31.2. The van der Waals surface area contributed by atoms with Gasteiger partial charge in [0.25, 0.3) is 0 Å². The van der Waals surface area contributed by atoms with Gasteiger partial charge in [-0.05, 0) is 25.0 Å². The van der Waals surface area contributed by atoms with E-state index in [1.807, 2.05) is 0 Å². The van der Waals surface area contributed by atoms with Crippen LogP contribution < -0.4 is 9.47 Å². The Balaban J connectivity index is 2.65. The van der Waals surface area contributed by atoms with E-state index in [0.29, 0.717) is 29.4 Å². The fourth-order valence-electron chi connectivity index (χ4n) is 3.85. The van der Waals surface area contributed by atoms with E-state index >= 15 is 0 Å². The lowest BCUT2D eigenvalue weighted by Crippen LogP contribution is -2.11. The second kappa shape index (κ2) is 15.5. The minimum atomic E-state index is -3.00. The number of hydrogen-bond donors (Lipinski definition) is 0. The molecule has 0 radical (unpaired) electrons. The standard InChI is InChI=1S/C25H43O4P/c1-5-7-9-10-11-12-13-14-15-16-21-30(27,20-8-6-2)25(26)24-22(28-3)18-17-19-23(24)29-4/h17-19H,5-16,20-21H2,1-4H3. The van der Waals surface area contributed by atoms with Gasteiger partial charge in [0, 0.05) is 12.3 Å². The summed E-state index contributed by atoms with van der Waals surface area (Å²) in [6, 6.07) is 5.26. The first-order chi connectivity index (χ1) is 14.5. The smallest absolute Gasteiger partial charge is 0.228 e. The summed E-state index contributed by atoms with van der Waals surface area (Å²) in [4.78, 5) is 13.4. The van der Waals surface area contributed by atoms with E-state index in [0.717, 1.165) is 32.1 Å². The summed E-state index contributed by atoms with van der Waals surface area (Å²) in [5.74, 6) is 0.887. The fourth-order valence-corrected chi connectivity index (χ4v) is 6.67. The highest BCUT2D eigenvalue weighted by Gasteiger charge is 2.35. The number of benzene rings is 1. The fraction of sp³-hybridized carbons (Fsp3) is 0.720. The van der Waals surface area contributed by atoms with Crippen LogP contribution in [0.4, 0.5) is 0 Å². The number of hydrogen-bond acceptors (Lipinski definition) is 4. The molecule has 0 bridgehead atoms. The largest absolute Gasteiger partial charge is 0.496 e. The van der Waals surface area contributed by atoms with Crippen molar-refractivity contribution in [3.63, 3.8) is 0 Å². The first-order valence-electron chi connectivity index (χ1n) is 11.9. The van der Waals surface area contributed by atoms with E-state index in [1.54, 1.807) is 18.2 Å². The summed E-state index contributed by atoms with van der Waals surface area (Å²) in [5, 5.41) is 0. The van der Waals surface area contributed by atoms with Crippen LogP contribution >= 0.6 is 7.14 Å². The van der Waals surface area contributed by atoms with Crippen molar-refractivity contribution in [2.24, 2.45) is 0 Å². The van der Waals surface area contributed by atoms with E-state index in [9.17, 15) is 9.36 Å². The maximum atomic E-state index is 13.8. The molecule has 0 saturated carbocycles. The van der Waals surface area contributed by atoms with Crippen molar-refractivity contribution >= 4 is 12.7 Å². The van der Waals surface area contributed by atoms with Crippen molar-refractivity contribution in [2.45, 2.75) is 90.9 Å². The molecule has 0 spiro atoms. The second-order valence-electron chi connectivity index (χ2n) is 8.21. The van der Waals surface area contributed by atoms with Gasteiger partial charge >= 0.3 is 0 Å². The van der Waals surface area contributed by atoms with Gasteiger partial charge in [0.1, 0.15) is 17.1 Å². The number of carbonyl (C=O) groups is 1. The molecule has 30 heavy (non-hydrogen) atoms. The van der Waals surface area contributed by atoms with Crippen LogP contribution in [0.15, 0.2) is 18.2 Å². The van der Waals surface area contributed by atoms with Crippen LogP contribution in [0.25, 0.3) is 0 Å². The first kappa shape index (κ1) is 26.8. The monoisotopic (exact) mass is 438 g/mol. The van der Waals surface area contributed by atoms with Crippen LogP contribution in [0, 0.1) is 0 Å². The van der Waals surface area contributed by atoms with Crippen molar-refractivity contribution in [3.8, 4) is 11.5 Å². The van der Waals surface area contributed by atoms with Gasteiger partial charge < -0.3 is 14.0 Å². The number of rotatable bonds is 18. The highest BCUT2D eigenvalue weighted by molar-refractivity contribution is 7.81. The summed E-state index contributed by atoms with van der Waals surface area (Å²) >= 11 is 0. The molecular formula is C25H43O4P. The van der Waals surface area contributed by atoms with Gasteiger partial charge in [-0.2, -0.15) is 0 Å². The van der Waals surface area contributed by atoms with Gasteiger partial charge in [0.05, 0.1) is 14.2 Å². The summed E-state index contributed by atoms with van der Waals surface area (Å²) in [5.41, 5.74) is 0.0650. The highest BCUT2D eigenvalue weighted by Crippen LogP contribution is 2.53. The molecule has 0 aliphatic carbocycles. The van der Waals surface area contributed by atoms with Gasteiger partial charge in [-0.25, -0.2) is 0 Å². The Morgan fingerprint density at radius 1 is 0.733 bits per heavy atom. The Morgan fingerprint density at radius 2 is 1.17 bits per heavy atom. The van der Waals surface area contributed by atoms with Crippen molar-refractivity contribution in [1.29, 1.82) is 0 Å². The molecule has 0 heterocycles. The molecule has 1 rings (SSSR count). The second-order valence-corrected chi connectivity index (χ2v) is 11.3. The number of unbranched alkanes of at least 4 members (excludes halogenated alkanes) is 10. The predicted octanol–water partition coefficient (Wildman–Crippen LogP) is 7.93. The molecule has 1 aromatic carbocycles. The van der Waals surface area contributed by atoms with Crippen LogP contribution in [0.1, 0.15) is 101 Å². The molecule has 0 N–H and O–H groups in total. The molecular weight excluding hydrogens is 395 g/mol. The normalized spacial score (nSPS) is 13.1. The first-order valence-corrected chi connectivity index (χ1v) is 14.0. The Bertz CT molecular complexity index is 634. The van der Waals surface area contributed by atoms with Crippen molar-refractivity contribution in [2.75, 3.05) is 26.5 Å². The summed E-state index contributed by atoms with van der Waals surface area (Å²) in [6.45, 7) is 4.31. The number of methoxy groups -OCH3 is 2. The van der Waals surface area contributed by atoms with Crippen molar-refractivity contribution in [3.05, 3.63) is 23.8 Å². The molecule has 5 heteroatoms. The van der Waals surface area contributed by atoms with Crippen LogP contribution in [-0.2, 0) is 4.57 Å². The van der Waals surface area contributed by atoms with E-state index in [-0.39, 0.29) is 5.52 Å². The average molecular weight is 439 g/mol. The molecule has 0 aromatic heterocycles. The summed E-state index contributed by atoms with van der Waals surface area (Å²) in [7, 11) is 0.0631. The zero-order valence-corrected chi connectivity index (χ0v) is 20.6. The molecule has 0 aliphatic heterocycles. The third-order valence-corrected chi connectivity index (χ3v) is 8.80. The molecule has 0 aliphatic rings. The number of carbonyl (C=O) groups excluding carboxylic acids is 1. The molecule has 1 aromatic rings. The van der Waals surface area contributed by atoms with Gasteiger partial charge in [-0.1, -0.05) is 84.1 Å². The minimum absolute atomic E-state index is 0.277. The molecule has 1 atom stereocenters. The Morgan fingerprint density at radius 3 is 1.63 bits per heavy atom. The van der Waals surface area contributed by atoms with E-state index in [1.165, 1.54) is 59.2 Å². The Kier molecular flexibility index (Phi) is 13.8. The lowest BCUT2D eigenvalue weighted by atomic mass is 10.1. The lowest BCUT2D eigenvalue weighted by Gasteiger charge is -2.20. The van der Waals surface area contributed by atoms with Gasteiger partial charge in [0.15, 0.2) is 7.14 Å². The summed E-state index contributed by atoms with van der Waals surface area (Å²) < 4.78 is 24.6. The van der Waals surface area contributed by atoms with Crippen molar-refractivity contribution in [1.82, 2.24) is 0 Å². The van der Waals surface area contributed by atoms with Crippen LogP contribution in [0.2, 0.25) is 0 Å². The molecule has 0 amide bonds. The van der Waals surface area contributed by atoms with Gasteiger partial charge in [0.2, 0.25) is 5.52 Å². The third-order valence-electron chi connectivity index (χ3n) is 5.76. The zero-order valence-electron chi connectivity index (χ0n) is 19.7. The molecule has 0 saturated heterocycles. The SMILES string of the molecule is CCCCCCCCCCCCP(=O)(CCCC)C(=O)c1c(OC)cccc1OC. The number of ether oxygens (including phenoxy) is 2. The third kappa shape index (κ3) is 8.84. The zero-order chi connectivity index (χ0) is 22.2. The van der Waals surface area contributed by atoms with Crippen LogP contribution in [-0.4, -0.2) is 32.1 Å². The lowest BCUT2D eigenvalue weighted by molar-refractivity contribution is 0.106. The van der Waals surface area contributed by atoms with Crippen LogP contribution in [0.5, 0.6) is 11.5 Å². The maximum absolute atomic E-state index is 13.8. The summed E-state index contributed by atoms with van der Waals surface area (Å²) in [6.07, 6.45) is 14.9. The van der Waals surface area contributed by atoms with Crippen LogP contribution in [0.3, 0.4) is 0 Å². The quantitative estimate of drug-likeness (QED) is 0.172. The molecule has 1 unspecified atom stereocenters. The topological polar surface area (TPSA) is 52.6 Å². The van der Waals surface area contributed by atoms with E-state index < -0.39 is 7.14 Å². The molecule has 4 nitrogen and oxygen atoms in total. The minimum Gasteiger partial charge on any atom is -0.496 e. The average Bonchev–Trinajstić information content (AvgIpc) is 2.77. The molecule has 0 fully saturated rings. The van der Waals surface area contributed by atoms with Crippen molar-refractivity contribution < 1.29 is 18.8 Å². The predicted molar refractivity (Wildman–Crippen MR) is 128 cm³/mol. The Hall–Kier alpha value is -1.28. The van der Waals surface area contributed by atoms with E-state index in [2.05, 4.69) is 13.8 Å². The molecule has 172 valence electrons. The van der Waals surface area contributed by atoms with Gasteiger partial charge in [-0.3, -0.25) is 4.79 Å².